The van der Waals surface area contributed by atoms with E-state index in [0.717, 1.165) is 16.7 Å². The molecule has 0 aromatic heterocycles. The highest BCUT2D eigenvalue weighted by molar-refractivity contribution is 6.01. The Morgan fingerprint density at radius 3 is 2.20 bits per heavy atom. The highest BCUT2D eigenvalue weighted by Crippen LogP contribution is 2.48. The summed E-state index contributed by atoms with van der Waals surface area (Å²) in [6, 6.07) is 23.0. The number of fused-ring (bicyclic) bond motifs is 1. The van der Waals surface area contributed by atoms with Gasteiger partial charge in [-0.05, 0) is 35.2 Å². The Labute approximate surface area is 175 Å². The van der Waals surface area contributed by atoms with Gasteiger partial charge in [0.05, 0.1) is 12.6 Å². The Bertz CT molecular complexity index is 1080. The second kappa shape index (κ2) is 7.76. The van der Waals surface area contributed by atoms with Crippen LogP contribution in [0.4, 0.5) is 0 Å². The van der Waals surface area contributed by atoms with Gasteiger partial charge in [-0.15, -0.1) is 0 Å². The molecule has 4 rings (SSSR count). The zero-order valence-corrected chi connectivity index (χ0v) is 16.7. The van der Waals surface area contributed by atoms with Crippen molar-refractivity contribution >= 4 is 11.9 Å². The molecule has 5 heteroatoms. The summed E-state index contributed by atoms with van der Waals surface area (Å²) in [6.07, 6.45) is 0. The van der Waals surface area contributed by atoms with Crippen LogP contribution in [0.25, 0.3) is 0 Å². The summed E-state index contributed by atoms with van der Waals surface area (Å²) in [5.74, 6) is -1.18. The van der Waals surface area contributed by atoms with Gasteiger partial charge in [0, 0.05) is 12.1 Å². The molecule has 0 radical (unpaired) electrons. The number of rotatable bonds is 5. The summed E-state index contributed by atoms with van der Waals surface area (Å²) in [7, 11) is 0. The molecule has 2 N–H and O–H groups in total. The number of nitrogens with zero attached hydrogens (tertiary/aromatic N) is 1. The average molecular weight is 401 g/mol. The molecule has 152 valence electrons. The van der Waals surface area contributed by atoms with Crippen molar-refractivity contribution in [3.05, 3.63) is 107 Å². The quantitative estimate of drug-likeness (QED) is 0.679. The predicted octanol–water partition coefficient (Wildman–Crippen LogP) is 3.92. The van der Waals surface area contributed by atoms with Gasteiger partial charge in [-0.3, -0.25) is 9.59 Å². The third-order valence-electron chi connectivity index (χ3n) is 5.95. The standard InChI is InChI=1S/C25H23NO4/c1-25(24(29)30)21-10-6-5-9-20(21)23(28)26(15-17-7-3-2-4-8-17)22(25)19-13-11-18(16-27)12-14-19/h2-14,22,27H,15-16H2,1H3,(H,29,30)/t22-,25-/m0/s1. The minimum atomic E-state index is -1.33. The second-order valence-electron chi connectivity index (χ2n) is 7.77. The van der Waals surface area contributed by atoms with Gasteiger partial charge in [0.1, 0.15) is 5.41 Å². The molecule has 3 aromatic rings. The monoisotopic (exact) mass is 401 g/mol. The Kier molecular flexibility index (Phi) is 5.14. The van der Waals surface area contributed by atoms with Crippen molar-refractivity contribution in [2.75, 3.05) is 0 Å². The maximum Gasteiger partial charge on any atom is 0.316 e. The highest BCUT2D eigenvalue weighted by atomic mass is 16.4. The van der Waals surface area contributed by atoms with E-state index in [9.17, 15) is 19.8 Å². The molecule has 0 fully saturated rings. The number of carbonyl (C=O) groups excluding carboxylic acids is 1. The second-order valence-corrected chi connectivity index (χ2v) is 7.77. The summed E-state index contributed by atoms with van der Waals surface area (Å²) in [4.78, 5) is 27.9. The molecule has 2 atom stereocenters. The van der Waals surface area contributed by atoms with E-state index in [1.165, 1.54) is 0 Å². The largest absolute Gasteiger partial charge is 0.481 e. The third-order valence-corrected chi connectivity index (χ3v) is 5.95. The summed E-state index contributed by atoms with van der Waals surface area (Å²) >= 11 is 0. The maximum absolute atomic E-state index is 13.5. The van der Waals surface area contributed by atoms with Crippen LogP contribution in [0.1, 0.15) is 45.6 Å². The van der Waals surface area contributed by atoms with Crippen LogP contribution < -0.4 is 0 Å². The van der Waals surface area contributed by atoms with Gasteiger partial charge < -0.3 is 15.1 Å². The van der Waals surface area contributed by atoms with E-state index in [1.807, 2.05) is 30.3 Å². The van der Waals surface area contributed by atoms with Crippen LogP contribution in [-0.2, 0) is 23.4 Å². The number of carboxylic acids is 1. The number of hydrogen-bond acceptors (Lipinski definition) is 3. The summed E-state index contributed by atoms with van der Waals surface area (Å²) in [6.45, 7) is 1.88. The predicted molar refractivity (Wildman–Crippen MR) is 113 cm³/mol. The van der Waals surface area contributed by atoms with Crippen molar-refractivity contribution < 1.29 is 19.8 Å². The number of aliphatic hydroxyl groups is 1. The summed E-state index contributed by atoms with van der Waals surface area (Å²) in [5, 5.41) is 19.8. The van der Waals surface area contributed by atoms with Crippen LogP contribution in [0.3, 0.4) is 0 Å². The van der Waals surface area contributed by atoms with Crippen LogP contribution >= 0.6 is 0 Å². The van der Waals surface area contributed by atoms with E-state index < -0.39 is 17.4 Å². The molecule has 0 bridgehead atoms. The van der Waals surface area contributed by atoms with E-state index in [0.29, 0.717) is 17.7 Å². The van der Waals surface area contributed by atoms with Gasteiger partial charge >= 0.3 is 5.97 Å². The maximum atomic E-state index is 13.5. The lowest BCUT2D eigenvalue weighted by atomic mass is 9.68. The van der Waals surface area contributed by atoms with Crippen molar-refractivity contribution in [2.45, 2.75) is 31.5 Å². The van der Waals surface area contributed by atoms with Crippen LogP contribution in [0.5, 0.6) is 0 Å². The first-order chi connectivity index (χ1) is 14.5. The number of benzene rings is 3. The van der Waals surface area contributed by atoms with Crippen LogP contribution in [0.15, 0.2) is 78.9 Å². The molecule has 30 heavy (non-hydrogen) atoms. The van der Waals surface area contributed by atoms with Crippen molar-refractivity contribution in [1.82, 2.24) is 4.90 Å². The van der Waals surface area contributed by atoms with Crippen molar-refractivity contribution in [1.29, 1.82) is 0 Å². The first-order valence-corrected chi connectivity index (χ1v) is 9.84. The zero-order valence-electron chi connectivity index (χ0n) is 16.7. The highest BCUT2D eigenvalue weighted by Gasteiger charge is 2.53. The molecule has 0 saturated heterocycles. The van der Waals surface area contributed by atoms with Gasteiger partial charge in [-0.2, -0.15) is 0 Å². The molecular formula is C25H23NO4. The lowest BCUT2D eigenvalue weighted by Gasteiger charge is -2.47. The van der Waals surface area contributed by atoms with Crippen LogP contribution in [0.2, 0.25) is 0 Å². The van der Waals surface area contributed by atoms with Gasteiger partial charge in [0.25, 0.3) is 5.91 Å². The fourth-order valence-corrected chi connectivity index (χ4v) is 4.35. The summed E-state index contributed by atoms with van der Waals surface area (Å²) in [5.41, 5.74) is 1.98. The molecule has 3 aromatic carbocycles. The van der Waals surface area contributed by atoms with Gasteiger partial charge in [0.15, 0.2) is 0 Å². The molecule has 0 saturated carbocycles. The van der Waals surface area contributed by atoms with E-state index in [4.69, 9.17) is 0 Å². The number of hydrogen-bond donors (Lipinski definition) is 2. The normalized spacial score (nSPS) is 20.7. The van der Waals surface area contributed by atoms with Crippen molar-refractivity contribution in [2.24, 2.45) is 0 Å². The Morgan fingerprint density at radius 2 is 1.57 bits per heavy atom. The van der Waals surface area contributed by atoms with Gasteiger partial charge in [0.2, 0.25) is 0 Å². The lowest BCUT2D eigenvalue weighted by molar-refractivity contribution is -0.146. The molecule has 1 aliphatic heterocycles. The molecular weight excluding hydrogens is 378 g/mol. The molecule has 1 amide bonds. The zero-order chi connectivity index (χ0) is 21.3. The minimum Gasteiger partial charge on any atom is -0.481 e. The molecule has 5 nitrogen and oxygen atoms in total. The van der Waals surface area contributed by atoms with E-state index >= 15 is 0 Å². The van der Waals surface area contributed by atoms with E-state index in [2.05, 4.69) is 0 Å². The molecule has 1 aliphatic rings. The Morgan fingerprint density at radius 1 is 0.933 bits per heavy atom. The van der Waals surface area contributed by atoms with Gasteiger partial charge in [-0.25, -0.2) is 0 Å². The molecule has 1 heterocycles. The molecule has 0 spiro atoms. The summed E-state index contributed by atoms with van der Waals surface area (Å²) < 4.78 is 0. The number of carbonyl (C=O) groups is 2. The number of aliphatic hydroxyl groups excluding tert-OH is 1. The minimum absolute atomic E-state index is 0.101. The van der Waals surface area contributed by atoms with E-state index in [-0.39, 0.29) is 12.5 Å². The van der Waals surface area contributed by atoms with E-state index in [1.54, 1.807) is 60.4 Å². The van der Waals surface area contributed by atoms with Crippen LogP contribution in [0, 0.1) is 0 Å². The fraction of sp³-hybridized carbons (Fsp3) is 0.200. The first kappa shape index (κ1) is 19.9. The molecule has 0 unspecified atom stereocenters. The Balaban J connectivity index is 1.93. The lowest BCUT2D eigenvalue weighted by Crippen LogP contribution is -2.53. The smallest absolute Gasteiger partial charge is 0.316 e. The number of aliphatic carboxylic acids is 1. The SMILES string of the molecule is C[C@]1(C(=O)O)c2ccccc2C(=O)N(Cc2ccccc2)[C@H]1c1ccc(CO)cc1. The average Bonchev–Trinajstić information content (AvgIpc) is 2.78. The topological polar surface area (TPSA) is 77.8 Å². The Hall–Kier alpha value is -3.44. The van der Waals surface area contributed by atoms with Gasteiger partial charge in [-0.1, -0.05) is 72.8 Å². The van der Waals surface area contributed by atoms with Crippen molar-refractivity contribution in [3.63, 3.8) is 0 Å². The third kappa shape index (κ3) is 3.17. The number of carboxylic acid groups (broad SMARTS) is 1. The van der Waals surface area contributed by atoms with Crippen LogP contribution in [-0.4, -0.2) is 27.0 Å². The van der Waals surface area contributed by atoms with Crippen molar-refractivity contribution in [3.8, 4) is 0 Å². The molecule has 0 aliphatic carbocycles. The number of amides is 1. The fourth-order valence-electron chi connectivity index (χ4n) is 4.35. The first-order valence-electron chi connectivity index (χ1n) is 9.84.